The van der Waals surface area contributed by atoms with Gasteiger partial charge in [0.2, 0.25) is 5.91 Å². The number of halogens is 1. The number of hydrogen-bond acceptors (Lipinski definition) is 1. The van der Waals surface area contributed by atoms with Gasteiger partial charge in [-0.25, -0.2) is 0 Å². The highest BCUT2D eigenvalue weighted by molar-refractivity contribution is 14.1. The Morgan fingerprint density at radius 3 is 2.32 bits per heavy atom. The van der Waals surface area contributed by atoms with Gasteiger partial charge < -0.3 is 5.32 Å². The molecule has 22 heavy (non-hydrogen) atoms. The molecule has 1 N–H and O–H groups in total. The number of benzene rings is 2. The van der Waals surface area contributed by atoms with E-state index in [0.29, 0.717) is 0 Å². The number of rotatable bonds is 5. The molecule has 114 valence electrons. The summed E-state index contributed by atoms with van der Waals surface area (Å²) in [6.45, 7) is 8.00. The zero-order valence-electron chi connectivity index (χ0n) is 12.8. The predicted octanol–water partition coefficient (Wildman–Crippen LogP) is 5.23. The second-order valence-corrected chi connectivity index (χ2v) is 7.00. The monoisotopic (exact) mass is 405 g/mol. The minimum absolute atomic E-state index is 0.0137. The Hall–Kier alpha value is -1.62. The summed E-state index contributed by atoms with van der Waals surface area (Å²) in [6.07, 6.45) is 1.85. The van der Waals surface area contributed by atoms with Gasteiger partial charge in [0.15, 0.2) is 0 Å². The summed E-state index contributed by atoms with van der Waals surface area (Å²) in [5, 5.41) is 3.02. The summed E-state index contributed by atoms with van der Waals surface area (Å²) in [4.78, 5) is 12.9. The van der Waals surface area contributed by atoms with Crippen molar-refractivity contribution in [3.05, 3.63) is 76.4 Å². The molecule has 0 aliphatic rings. The third-order valence-electron chi connectivity index (χ3n) is 3.79. The Kier molecular flexibility index (Phi) is 5.40. The second-order valence-electron chi connectivity index (χ2n) is 5.84. The van der Waals surface area contributed by atoms with Crippen molar-refractivity contribution < 1.29 is 4.79 Å². The van der Waals surface area contributed by atoms with Crippen LogP contribution in [0.1, 0.15) is 25.3 Å². The van der Waals surface area contributed by atoms with Gasteiger partial charge in [0.25, 0.3) is 0 Å². The maximum atomic E-state index is 12.9. The number of allylic oxidation sites excluding steroid dienone is 1. The van der Waals surface area contributed by atoms with Gasteiger partial charge in [-0.15, -0.1) is 6.58 Å². The molecule has 2 aromatic carbocycles. The molecule has 0 aliphatic heterocycles. The van der Waals surface area contributed by atoms with Crippen molar-refractivity contribution in [1.82, 2.24) is 0 Å². The van der Waals surface area contributed by atoms with Crippen molar-refractivity contribution in [2.24, 2.45) is 5.41 Å². The van der Waals surface area contributed by atoms with Crippen molar-refractivity contribution >= 4 is 34.2 Å². The van der Waals surface area contributed by atoms with Crippen LogP contribution in [0.15, 0.2) is 67.3 Å². The van der Waals surface area contributed by atoms with Gasteiger partial charge in [-0.2, -0.15) is 0 Å². The van der Waals surface area contributed by atoms with Gasteiger partial charge in [-0.3, -0.25) is 4.79 Å². The number of hydrogen-bond donors (Lipinski definition) is 1. The molecule has 0 spiro atoms. The van der Waals surface area contributed by atoms with Gasteiger partial charge in [-0.05, 0) is 51.8 Å². The van der Waals surface area contributed by atoms with Gasteiger partial charge in [0, 0.05) is 9.26 Å². The second kappa shape index (κ2) is 7.09. The van der Waals surface area contributed by atoms with Crippen LogP contribution in [0.2, 0.25) is 0 Å². The lowest BCUT2D eigenvalue weighted by atomic mass is 9.74. The van der Waals surface area contributed by atoms with Crippen molar-refractivity contribution in [2.45, 2.75) is 19.8 Å². The molecule has 0 radical (unpaired) electrons. The zero-order valence-corrected chi connectivity index (χ0v) is 15.0. The molecule has 1 unspecified atom stereocenters. The Labute approximate surface area is 145 Å². The summed E-state index contributed by atoms with van der Waals surface area (Å²) in [7, 11) is 0. The van der Waals surface area contributed by atoms with E-state index in [4.69, 9.17) is 0 Å². The maximum absolute atomic E-state index is 12.9. The summed E-state index contributed by atoms with van der Waals surface area (Å²) >= 11 is 2.28. The fraction of sp³-hybridized carbons (Fsp3) is 0.211. The normalized spacial score (nSPS) is 12.5. The van der Waals surface area contributed by atoms with Crippen molar-refractivity contribution in [2.75, 3.05) is 5.32 Å². The molecule has 0 aliphatic carbocycles. The lowest BCUT2D eigenvalue weighted by Gasteiger charge is -2.31. The molecule has 2 aromatic rings. The molecule has 0 bridgehead atoms. The number of carbonyl (C=O) groups excluding carboxylic acids is 1. The van der Waals surface area contributed by atoms with Crippen molar-refractivity contribution in [1.29, 1.82) is 0 Å². The number of carbonyl (C=O) groups is 1. The molecule has 1 amide bonds. The molecule has 0 saturated carbocycles. The molecule has 2 nitrogen and oxygen atoms in total. The fourth-order valence-corrected chi connectivity index (χ4v) is 3.14. The van der Waals surface area contributed by atoms with Crippen LogP contribution < -0.4 is 5.32 Å². The van der Waals surface area contributed by atoms with E-state index >= 15 is 0 Å². The summed E-state index contributed by atoms with van der Waals surface area (Å²) in [5.74, 6) is -0.307. The van der Waals surface area contributed by atoms with E-state index < -0.39 is 0 Å². The Bertz CT molecular complexity index is 664. The third-order valence-corrected chi connectivity index (χ3v) is 4.77. The Morgan fingerprint density at radius 2 is 1.73 bits per heavy atom. The summed E-state index contributed by atoms with van der Waals surface area (Å²) in [5.41, 5.74) is 1.49. The molecule has 0 fully saturated rings. The van der Waals surface area contributed by atoms with Crippen LogP contribution in [0.3, 0.4) is 0 Å². The molecule has 0 heterocycles. The van der Waals surface area contributed by atoms with E-state index in [-0.39, 0.29) is 17.2 Å². The fourth-order valence-electron chi connectivity index (χ4n) is 2.44. The van der Waals surface area contributed by atoms with Crippen LogP contribution in [0.4, 0.5) is 5.69 Å². The lowest BCUT2D eigenvalue weighted by Crippen LogP contribution is -2.32. The number of anilines is 1. The highest BCUT2D eigenvalue weighted by Crippen LogP contribution is 2.39. The number of para-hydroxylation sites is 1. The van der Waals surface area contributed by atoms with E-state index in [0.717, 1.165) is 14.8 Å². The predicted molar refractivity (Wildman–Crippen MR) is 101 cm³/mol. The average molecular weight is 405 g/mol. The van der Waals surface area contributed by atoms with Gasteiger partial charge >= 0.3 is 0 Å². The molecule has 3 heteroatoms. The molecular formula is C19H20INO. The summed E-state index contributed by atoms with van der Waals surface area (Å²) in [6, 6.07) is 17.5. The van der Waals surface area contributed by atoms with E-state index in [9.17, 15) is 4.79 Å². The van der Waals surface area contributed by atoms with Crippen molar-refractivity contribution in [3.8, 4) is 0 Å². The Morgan fingerprint density at radius 1 is 1.14 bits per heavy atom. The quantitative estimate of drug-likeness (QED) is 0.536. The van der Waals surface area contributed by atoms with Crippen LogP contribution in [0.25, 0.3) is 0 Å². The van der Waals surface area contributed by atoms with Crippen LogP contribution in [0, 0.1) is 8.99 Å². The van der Waals surface area contributed by atoms with Crippen molar-refractivity contribution in [3.63, 3.8) is 0 Å². The van der Waals surface area contributed by atoms with Gasteiger partial charge in [-0.1, -0.05) is 56.3 Å². The smallest absolute Gasteiger partial charge is 0.232 e. The molecule has 0 aromatic heterocycles. The topological polar surface area (TPSA) is 29.1 Å². The van der Waals surface area contributed by atoms with Crippen LogP contribution >= 0.6 is 22.6 Å². The minimum Gasteiger partial charge on any atom is -0.326 e. The first-order valence-corrected chi connectivity index (χ1v) is 8.27. The standard InChI is InChI=1S/C19H20INO/c1-4-19(2,3)17(15-12-8-9-13-16(15)20)18(22)21-14-10-6-5-7-11-14/h4-13,17H,1H2,2-3H3,(H,21,22). The minimum atomic E-state index is -0.347. The average Bonchev–Trinajstić information content (AvgIpc) is 2.50. The first-order valence-electron chi connectivity index (χ1n) is 7.19. The van der Waals surface area contributed by atoms with Gasteiger partial charge in [0.1, 0.15) is 0 Å². The van der Waals surface area contributed by atoms with E-state index in [1.165, 1.54) is 0 Å². The highest BCUT2D eigenvalue weighted by atomic mass is 127. The van der Waals surface area contributed by atoms with Crippen LogP contribution in [-0.4, -0.2) is 5.91 Å². The molecular weight excluding hydrogens is 385 g/mol. The Balaban J connectivity index is 2.39. The first-order chi connectivity index (χ1) is 10.5. The third kappa shape index (κ3) is 3.77. The number of amides is 1. The SMILES string of the molecule is C=CC(C)(C)C(C(=O)Nc1ccccc1)c1ccccc1I. The molecule has 0 saturated heterocycles. The van der Waals surface area contributed by atoms with Crippen LogP contribution in [-0.2, 0) is 4.79 Å². The maximum Gasteiger partial charge on any atom is 0.232 e. The first kappa shape index (κ1) is 16.7. The molecule has 2 rings (SSSR count). The number of nitrogens with one attached hydrogen (secondary N) is 1. The van der Waals surface area contributed by atoms with E-state index in [1.807, 2.05) is 74.5 Å². The largest absolute Gasteiger partial charge is 0.326 e. The van der Waals surface area contributed by atoms with Crippen LogP contribution in [0.5, 0.6) is 0 Å². The summed E-state index contributed by atoms with van der Waals surface area (Å²) < 4.78 is 1.09. The molecule has 1 atom stereocenters. The van der Waals surface area contributed by atoms with Gasteiger partial charge in [0.05, 0.1) is 5.92 Å². The zero-order chi connectivity index (χ0) is 16.2. The van der Waals surface area contributed by atoms with E-state index in [1.54, 1.807) is 0 Å². The highest BCUT2D eigenvalue weighted by Gasteiger charge is 2.35. The lowest BCUT2D eigenvalue weighted by molar-refractivity contribution is -0.119. The van der Waals surface area contributed by atoms with E-state index in [2.05, 4.69) is 34.5 Å².